The molecule has 5 nitrogen and oxygen atoms in total. The van der Waals surface area contributed by atoms with Crippen molar-refractivity contribution in [3.05, 3.63) is 41.9 Å². The Morgan fingerprint density at radius 1 is 1.41 bits per heavy atom. The second-order valence-corrected chi connectivity index (χ2v) is 5.11. The second-order valence-electron chi connectivity index (χ2n) is 4.71. The van der Waals surface area contributed by atoms with Gasteiger partial charge >= 0.3 is 5.97 Å². The lowest BCUT2D eigenvalue weighted by Crippen LogP contribution is -2.40. The topological polar surface area (TPSA) is 75.6 Å². The van der Waals surface area contributed by atoms with Crippen LogP contribution < -0.4 is 10.1 Å². The first kappa shape index (κ1) is 18.0. The van der Waals surface area contributed by atoms with Gasteiger partial charge in [0, 0.05) is 6.42 Å². The van der Waals surface area contributed by atoms with E-state index in [0.717, 1.165) is 0 Å². The minimum atomic E-state index is -1.04. The summed E-state index contributed by atoms with van der Waals surface area (Å²) in [5.74, 6) is -0.777. The van der Waals surface area contributed by atoms with Gasteiger partial charge in [-0.25, -0.2) is 4.79 Å². The fourth-order valence-corrected chi connectivity index (χ4v) is 1.98. The summed E-state index contributed by atoms with van der Waals surface area (Å²) in [7, 11) is 0. The molecule has 1 rings (SSSR count). The SMILES string of the molecule is C=CCCC(NC(=O)CCCOc1ccccc1Cl)C(=O)O. The fraction of sp³-hybridized carbons (Fsp3) is 0.375. The lowest BCUT2D eigenvalue weighted by molar-refractivity contribution is -0.142. The first-order chi connectivity index (χ1) is 10.5. The van der Waals surface area contributed by atoms with Gasteiger partial charge in [0.25, 0.3) is 0 Å². The standard InChI is InChI=1S/C16H20ClNO4/c1-2-3-8-13(16(20)21)18-15(19)10-6-11-22-14-9-5-4-7-12(14)17/h2,4-5,7,9,13H,1,3,6,8,10-11H2,(H,18,19)(H,20,21). The number of rotatable bonds is 10. The van der Waals surface area contributed by atoms with Crippen LogP contribution in [0.3, 0.4) is 0 Å². The van der Waals surface area contributed by atoms with Crippen molar-refractivity contribution >= 4 is 23.5 Å². The molecule has 0 aliphatic rings. The number of aliphatic carboxylic acids is 1. The molecule has 2 N–H and O–H groups in total. The van der Waals surface area contributed by atoms with Crippen LogP contribution in [0, 0.1) is 0 Å². The summed E-state index contributed by atoms with van der Waals surface area (Å²) in [6.07, 6.45) is 3.17. The Bertz CT molecular complexity index is 519. The maximum atomic E-state index is 11.7. The number of nitrogens with one attached hydrogen (secondary N) is 1. The molecule has 22 heavy (non-hydrogen) atoms. The van der Waals surface area contributed by atoms with E-state index in [1.54, 1.807) is 24.3 Å². The highest BCUT2D eigenvalue weighted by atomic mass is 35.5. The second kappa shape index (κ2) is 9.84. The molecule has 0 radical (unpaired) electrons. The van der Waals surface area contributed by atoms with Crippen LogP contribution >= 0.6 is 11.6 Å². The maximum absolute atomic E-state index is 11.7. The average molecular weight is 326 g/mol. The highest BCUT2D eigenvalue weighted by Gasteiger charge is 2.18. The predicted octanol–water partition coefficient (Wildman–Crippen LogP) is 3.03. The van der Waals surface area contributed by atoms with E-state index in [4.69, 9.17) is 21.4 Å². The Hall–Kier alpha value is -2.01. The van der Waals surface area contributed by atoms with Crippen LogP contribution in [0.15, 0.2) is 36.9 Å². The van der Waals surface area contributed by atoms with Crippen molar-refractivity contribution in [1.82, 2.24) is 5.32 Å². The van der Waals surface area contributed by atoms with E-state index < -0.39 is 12.0 Å². The predicted molar refractivity (Wildman–Crippen MR) is 85.2 cm³/mol. The molecule has 1 amide bonds. The van der Waals surface area contributed by atoms with Gasteiger partial charge < -0.3 is 15.2 Å². The van der Waals surface area contributed by atoms with Gasteiger partial charge in [-0.3, -0.25) is 4.79 Å². The highest BCUT2D eigenvalue weighted by molar-refractivity contribution is 6.32. The van der Waals surface area contributed by atoms with E-state index in [0.29, 0.717) is 36.6 Å². The summed E-state index contributed by atoms with van der Waals surface area (Å²) < 4.78 is 5.46. The zero-order chi connectivity index (χ0) is 16.4. The van der Waals surface area contributed by atoms with Gasteiger partial charge in [-0.15, -0.1) is 6.58 Å². The van der Waals surface area contributed by atoms with Gasteiger partial charge in [-0.2, -0.15) is 0 Å². The normalized spacial score (nSPS) is 11.5. The lowest BCUT2D eigenvalue weighted by atomic mass is 10.1. The third kappa shape index (κ3) is 6.63. The number of carbonyl (C=O) groups excluding carboxylic acids is 1. The molecule has 0 fully saturated rings. The van der Waals surface area contributed by atoms with Gasteiger partial charge in [0.05, 0.1) is 11.6 Å². The molecule has 0 bridgehead atoms. The van der Waals surface area contributed by atoms with Gasteiger partial charge in [0.1, 0.15) is 11.8 Å². The van der Waals surface area contributed by atoms with Crippen molar-refractivity contribution in [3.63, 3.8) is 0 Å². The minimum Gasteiger partial charge on any atom is -0.492 e. The Morgan fingerprint density at radius 2 is 2.14 bits per heavy atom. The summed E-state index contributed by atoms with van der Waals surface area (Å²) in [4.78, 5) is 22.7. The van der Waals surface area contributed by atoms with Crippen molar-refractivity contribution in [1.29, 1.82) is 0 Å². The van der Waals surface area contributed by atoms with Crippen molar-refractivity contribution in [3.8, 4) is 5.75 Å². The number of carboxylic acids is 1. The van der Waals surface area contributed by atoms with Gasteiger partial charge in [-0.1, -0.05) is 29.8 Å². The van der Waals surface area contributed by atoms with Crippen LogP contribution in [0.5, 0.6) is 5.75 Å². The van der Waals surface area contributed by atoms with E-state index in [1.165, 1.54) is 0 Å². The van der Waals surface area contributed by atoms with E-state index in [2.05, 4.69) is 11.9 Å². The molecule has 120 valence electrons. The van der Waals surface area contributed by atoms with Crippen molar-refractivity contribution in [2.45, 2.75) is 31.7 Å². The molecule has 0 heterocycles. The molecule has 0 aliphatic heterocycles. The highest BCUT2D eigenvalue weighted by Crippen LogP contribution is 2.23. The Balaban J connectivity index is 2.29. The van der Waals surface area contributed by atoms with E-state index in [9.17, 15) is 9.59 Å². The number of carbonyl (C=O) groups is 2. The average Bonchev–Trinajstić information content (AvgIpc) is 2.49. The molecular formula is C16H20ClNO4. The molecule has 1 atom stereocenters. The number of carboxylic acid groups (broad SMARTS) is 1. The number of hydrogen-bond acceptors (Lipinski definition) is 3. The number of amides is 1. The van der Waals surface area contributed by atoms with Crippen LogP contribution in [0.2, 0.25) is 5.02 Å². The zero-order valence-electron chi connectivity index (χ0n) is 12.3. The molecule has 0 aliphatic carbocycles. The third-order valence-corrected chi connectivity index (χ3v) is 3.25. The maximum Gasteiger partial charge on any atom is 0.326 e. The van der Waals surface area contributed by atoms with Crippen molar-refractivity contribution < 1.29 is 19.4 Å². The molecular weight excluding hydrogens is 306 g/mol. The van der Waals surface area contributed by atoms with Gasteiger partial charge in [0.2, 0.25) is 5.91 Å². The molecule has 0 saturated heterocycles. The monoisotopic (exact) mass is 325 g/mol. The van der Waals surface area contributed by atoms with Crippen LogP contribution in [-0.4, -0.2) is 29.6 Å². The zero-order valence-corrected chi connectivity index (χ0v) is 13.0. The number of benzene rings is 1. The van der Waals surface area contributed by atoms with E-state index in [-0.39, 0.29) is 12.3 Å². The molecule has 1 aromatic carbocycles. The van der Waals surface area contributed by atoms with Crippen molar-refractivity contribution in [2.24, 2.45) is 0 Å². The minimum absolute atomic E-state index is 0.197. The molecule has 0 spiro atoms. The summed E-state index contributed by atoms with van der Waals surface area (Å²) >= 11 is 5.94. The molecule has 6 heteroatoms. The van der Waals surface area contributed by atoms with Crippen molar-refractivity contribution in [2.75, 3.05) is 6.61 Å². The summed E-state index contributed by atoms with van der Waals surface area (Å²) in [5, 5.41) is 12.0. The number of halogens is 1. The Labute approximate surface area is 134 Å². The lowest BCUT2D eigenvalue weighted by Gasteiger charge is -2.13. The number of hydrogen-bond donors (Lipinski definition) is 2. The van der Waals surface area contributed by atoms with Crippen LogP contribution in [0.4, 0.5) is 0 Å². The summed E-state index contributed by atoms with van der Waals surface area (Å²) in [6, 6.07) is 6.21. The molecule has 1 aromatic rings. The largest absolute Gasteiger partial charge is 0.492 e. The summed E-state index contributed by atoms with van der Waals surface area (Å²) in [6.45, 7) is 3.87. The van der Waals surface area contributed by atoms with Crippen LogP contribution in [0.1, 0.15) is 25.7 Å². The first-order valence-electron chi connectivity index (χ1n) is 7.05. The molecule has 1 unspecified atom stereocenters. The first-order valence-corrected chi connectivity index (χ1v) is 7.42. The molecule has 0 saturated carbocycles. The Kier molecular flexibility index (Phi) is 8.07. The van der Waals surface area contributed by atoms with Crippen LogP contribution in [-0.2, 0) is 9.59 Å². The van der Waals surface area contributed by atoms with Crippen LogP contribution in [0.25, 0.3) is 0 Å². The molecule has 0 aromatic heterocycles. The Morgan fingerprint density at radius 3 is 2.77 bits per heavy atom. The number of allylic oxidation sites excluding steroid dienone is 1. The smallest absolute Gasteiger partial charge is 0.326 e. The summed E-state index contributed by atoms with van der Waals surface area (Å²) in [5.41, 5.74) is 0. The number of para-hydroxylation sites is 1. The van der Waals surface area contributed by atoms with Gasteiger partial charge in [-0.05, 0) is 31.4 Å². The fourth-order valence-electron chi connectivity index (χ4n) is 1.79. The van der Waals surface area contributed by atoms with E-state index >= 15 is 0 Å². The van der Waals surface area contributed by atoms with E-state index in [1.807, 2.05) is 6.07 Å². The quantitative estimate of drug-likeness (QED) is 0.512. The number of ether oxygens (including phenoxy) is 1. The third-order valence-electron chi connectivity index (χ3n) is 2.94. The van der Waals surface area contributed by atoms with Gasteiger partial charge in [0.15, 0.2) is 0 Å².